The normalized spacial score (nSPS) is 11.7. The van der Waals surface area contributed by atoms with Crippen molar-refractivity contribution >= 4 is 52.9 Å². The Bertz CT molecular complexity index is 1570. The number of aliphatic hydroxyl groups is 1. The van der Waals surface area contributed by atoms with E-state index in [4.69, 9.17) is 28.3 Å². The number of methoxy groups -OCH3 is 1. The van der Waals surface area contributed by atoms with Gasteiger partial charge in [-0.1, -0.05) is 35.3 Å². The zero-order valence-corrected chi connectivity index (χ0v) is 23.6. The fourth-order valence-electron chi connectivity index (χ4n) is 3.80. The maximum Gasteiger partial charge on any atom is 0.411 e. The SMILES string of the molecule is COC(=O)Nc1ccc(-c2nc([C@H](CC(=O)NCCO)NC(=O)/C=C/c3cc(Cl)ccc3-n3cnnn3)[nH]c2Cl)cc1. The highest BCUT2D eigenvalue weighted by Gasteiger charge is 2.23. The van der Waals surface area contributed by atoms with E-state index in [9.17, 15) is 14.4 Å². The Hall–Kier alpha value is -4.79. The van der Waals surface area contributed by atoms with Gasteiger partial charge in [-0.2, -0.15) is 4.68 Å². The van der Waals surface area contributed by atoms with Crippen LogP contribution in [0.4, 0.5) is 10.5 Å². The van der Waals surface area contributed by atoms with E-state index in [0.29, 0.717) is 33.2 Å². The van der Waals surface area contributed by atoms with Gasteiger partial charge in [-0.25, -0.2) is 9.78 Å². The minimum Gasteiger partial charge on any atom is -0.453 e. The molecule has 0 aliphatic rings. The molecule has 0 aliphatic heterocycles. The maximum absolute atomic E-state index is 13.0. The number of rotatable bonds is 11. The molecular weight excluding hydrogens is 589 g/mol. The highest BCUT2D eigenvalue weighted by atomic mass is 35.5. The second-order valence-corrected chi connectivity index (χ2v) is 9.42. The number of ether oxygens (including phenoxy) is 1. The predicted molar refractivity (Wildman–Crippen MR) is 154 cm³/mol. The molecule has 3 amide bonds. The van der Waals surface area contributed by atoms with E-state index in [1.807, 2.05) is 0 Å². The van der Waals surface area contributed by atoms with Crippen LogP contribution in [0.25, 0.3) is 23.0 Å². The fourth-order valence-corrected chi connectivity index (χ4v) is 4.23. The number of benzene rings is 2. The number of imidazole rings is 1. The molecule has 2 heterocycles. The molecular formula is C26H25Cl2N9O5. The molecule has 218 valence electrons. The number of aliphatic hydroxyl groups excluding tert-OH is 1. The lowest BCUT2D eigenvalue weighted by Gasteiger charge is -2.15. The summed E-state index contributed by atoms with van der Waals surface area (Å²) in [7, 11) is 1.26. The predicted octanol–water partition coefficient (Wildman–Crippen LogP) is 2.91. The van der Waals surface area contributed by atoms with Crippen LogP contribution >= 0.6 is 23.2 Å². The Morgan fingerprint density at radius 3 is 2.64 bits per heavy atom. The number of carbonyl (C=O) groups excluding carboxylic acids is 3. The highest BCUT2D eigenvalue weighted by molar-refractivity contribution is 6.32. The van der Waals surface area contributed by atoms with Crippen molar-refractivity contribution in [1.29, 1.82) is 0 Å². The van der Waals surface area contributed by atoms with E-state index < -0.39 is 23.9 Å². The van der Waals surface area contributed by atoms with Crippen LogP contribution in [0.1, 0.15) is 23.9 Å². The molecule has 4 rings (SSSR count). The number of halogens is 2. The first-order valence-corrected chi connectivity index (χ1v) is 13.1. The lowest BCUT2D eigenvalue weighted by molar-refractivity contribution is -0.122. The molecule has 4 aromatic rings. The van der Waals surface area contributed by atoms with Gasteiger partial charge >= 0.3 is 6.09 Å². The number of aromatic nitrogens is 6. The second kappa shape index (κ2) is 14.2. The van der Waals surface area contributed by atoms with Crippen molar-refractivity contribution in [3.8, 4) is 16.9 Å². The van der Waals surface area contributed by atoms with E-state index in [1.165, 1.54) is 30.3 Å². The first-order chi connectivity index (χ1) is 20.3. The molecule has 16 heteroatoms. The van der Waals surface area contributed by atoms with Crippen molar-refractivity contribution in [3.63, 3.8) is 0 Å². The number of hydrogen-bond donors (Lipinski definition) is 5. The van der Waals surface area contributed by atoms with Crippen LogP contribution in [0.3, 0.4) is 0 Å². The van der Waals surface area contributed by atoms with Crippen molar-refractivity contribution in [2.75, 3.05) is 25.6 Å². The molecule has 0 radical (unpaired) electrons. The third kappa shape index (κ3) is 7.90. The van der Waals surface area contributed by atoms with Crippen molar-refractivity contribution in [2.24, 2.45) is 0 Å². The molecule has 0 spiro atoms. The minimum atomic E-state index is -0.911. The summed E-state index contributed by atoms with van der Waals surface area (Å²) in [5.74, 6) is -0.740. The van der Waals surface area contributed by atoms with Gasteiger partial charge in [0.2, 0.25) is 11.8 Å². The van der Waals surface area contributed by atoms with Crippen LogP contribution in [0.5, 0.6) is 0 Å². The van der Waals surface area contributed by atoms with Crippen molar-refractivity contribution in [3.05, 3.63) is 76.4 Å². The number of H-pyrrole nitrogens is 1. The van der Waals surface area contributed by atoms with E-state index in [-0.39, 0.29) is 30.5 Å². The van der Waals surface area contributed by atoms with Gasteiger partial charge in [0.1, 0.15) is 23.0 Å². The van der Waals surface area contributed by atoms with E-state index >= 15 is 0 Å². The lowest BCUT2D eigenvalue weighted by Crippen LogP contribution is -2.34. The van der Waals surface area contributed by atoms with Gasteiger partial charge in [-0.05, 0) is 46.8 Å². The van der Waals surface area contributed by atoms with Crippen molar-refractivity contribution in [1.82, 2.24) is 40.8 Å². The molecule has 0 bridgehead atoms. The van der Waals surface area contributed by atoms with Crippen LogP contribution in [0.2, 0.25) is 10.2 Å². The number of anilines is 1. The summed E-state index contributed by atoms with van der Waals surface area (Å²) in [5.41, 5.74) is 2.63. The second-order valence-electron chi connectivity index (χ2n) is 8.61. The Morgan fingerprint density at radius 2 is 1.95 bits per heavy atom. The van der Waals surface area contributed by atoms with E-state index in [1.54, 1.807) is 42.5 Å². The fraction of sp³-hybridized carbons (Fsp3) is 0.192. The molecule has 0 saturated carbocycles. The minimum absolute atomic E-state index is 0.0458. The standard InChI is InChI=1S/C26H25Cl2N9O5/c1-42-26(41)31-18-6-2-15(3-7-18)23-24(28)34-25(33-23)19(13-22(40)29-10-11-38)32-21(39)9-4-16-12-17(27)5-8-20(16)37-14-30-35-36-37/h2-9,12,14,19,38H,10-11,13H2,1H3,(H,29,40)(H,31,41)(H,32,39)(H,33,34)/b9-4+/t19-/m0/s1. The maximum atomic E-state index is 13.0. The first-order valence-electron chi connectivity index (χ1n) is 12.4. The van der Waals surface area contributed by atoms with Gasteiger partial charge in [0.25, 0.3) is 0 Å². The van der Waals surface area contributed by atoms with Crippen LogP contribution in [0, 0.1) is 0 Å². The molecule has 2 aromatic heterocycles. The lowest BCUT2D eigenvalue weighted by atomic mass is 10.1. The number of nitrogens with zero attached hydrogens (tertiary/aromatic N) is 5. The molecule has 5 N–H and O–H groups in total. The topological polar surface area (TPSA) is 189 Å². The Balaban J connectivity index is 1.56. The zero-order valence-electron chi connectivity index (χ0n) is 22.0. The molecule has 42 heavy (non-hydrogen) atoms. The summed E-state index contributed by atoms with van der Waals surface area (Å²) in [6.07, 6.45) is 3.40. The van der Waals surface area contributed by atoms with Gasteiger partial charge in [-0.15, -0.1) is 5.10 Å². The zero-order chi connectivity index (χ0) is 30.1. The van der Waals surface area contributed by atoms with E-state index in [0.717, 1.165) is 0 Å². The number of nitrogens with one attached hydrogen (secondary N) is 4. The van der Waals surface area contributed by atoms with Crippen LogP contribution < -0.4 is 16.0 Å². The van der Waals surface area contributed by atoms with Crippen LogP contribution in [-0.2, 0) is 14.3 Å². The average molecular weight is 614 g/mol. The third-order valence-corrected chi connectivity index (χ3v) is 6.25. The summed E-state index contributed by atoms with van der Waals surface area (Å²) < 4.78 is 6.01. The summed E-state index contributed by atoms with van der Waals surface area (Å²) >= 11 is 12.6. The smallest absolute Gasteiger partial charge is 0.411 e. The van der Waals surface area contributed by atoms with Crippen LogP contribution in [-0.4, -0.2) is 73.5 Å². The first kappa shape index (κ1) is 30.2. The number of aromatic amines is 1. The molecule has 1 atom stereocenters. The summed E-state index contributed by atoms with van der Waals surface area (Å²) in [6, 6.07) is 10.8. The van der Waals surface area contributed by atoms with Gasteiger partial charge in [0.05, 0.1) is 31.9 Å². The number of amides is 3. The summed E-state index contributed by atoms with van der Waals surface area (Å²) in [6.45, 7) is -0.198. The Labute approximate surface area is 249 Å². The molecule has 0 unspecified atom stereocenters. The molecule has 0 fully saturated rings. The average Bonchev–Trinajstić information content (AvgIpc) is 3.65. The highest BCUT2D eigenvalue weighted by Crippen LogP contribution is 2.29. The Kier molecular flexibility index (Phi) is 10.2. The third-order valence-electron chi connectivity index (χ3n) is 5.74. The number of hydrogen-bond acceptors (Lipinski definition) is 9. The van der Waals surface area contributed by atoms with Gasteiger partial charge in [0.15, 0.2) is 0 Å². The summed E-state index contributed by atoms with van der Waals surface area (Å²) in [5, 5.41) is 28.7. The van der Waals surface area contributed by atoms with E-state index in [2.05, 4.69) is 46.2 Å². The number of tetrazole rings is 1. The molecule has 0 aliphatic carbocycles. The van der Waals surface area contributed by atoms with Crippen LogP contribution in [0.15, 0.2) is 54.9 Å². The summed E-state index contributed by atoms with van der Waals surface area (Å²) in [4.78, 5) is 44.5. The van der Waals surface area contributed by atoms with Gasteiger partial charge in [0, 0.05) is 34.5 Å². The largest absolute Gasteiger partial charge is 0.453 e. The molecule has 2 aromatic carbocycles. The van der Waals surface area contributed by atoms with Crippen molar-refractivity contribution < 1.29 is 24.2 Å². The monoisotopic (exact) mass is 613 g/mol. The number of carbonyl (C=O) groups is 3. The molecule has 0 saturated heterocycles. The molecule has 14 nitrogen and oxygen atoms in total. The quantitative estimate of drug-likeness (QED) is 0.158. The Morgan fingerprint density at radius 1 is 1.17 bits per heavy atom. The van der Waals surface area contributed by atoms with Crippen molar-refractivity contribution in [2.45, 2.75) is 12.5 Å². The van der Waals surface area contributed by atoms with Gasteiger partial charge in [-0.3, -0.25) is 14.9 Å². The van der Waals surface area contributed by atoms with Gasteiger partial charge < -0.3 is 25.5 Å².